The lowest BCUT2D eigenvalue weighted by atomic mass is 10.1. The number of ether oxygens (including phenoxy) is 2. The lowest BCUT2D eigenvalue weighted by Gasteiger charge is -2.31. The minimum atomic E-state index is 0.00379. The summed E-state index contributed by atoms with van der Waals surface area (Å²) in [6, 6.07) is 6.38. The molecule has 0 aliphatic carbocycles. The van der Waals surface area contributed by atoms with Gasteiger partial charge >= 0.3 is 0 Å². The van der Waals surface area contributed by atoms with Crippen LogP contribution in [0.15, 0.2) is 18.2 Å². The van der Waals surface area contributed by atoms with Crippen LogP contribution in [0.3, 0.4) is 0 Å². The van der Waals surface area contributed by atoms with E-state index in [0.717, 1.165) is 36.3 Å². The van der Waals surface area contributed by atoms with E-state index in [9.17, 15) is 4.79 Å². The number of hydrogen-bond donors (Lipinski definition) is 0. The van der Waals surface area contributed by atoms with Crippen molar-refractivity contribution in [3.8, 4) is 0 Å². The number of hydrogen-bond acceptors (Lipinski definition) is 4. The predicted octanol–water partition coefficient (Wildman–Crippen LogP) is 2.78. The van der Waals surface area contributed by atoms with Crippen LogP contribution in [-0.4, -0.2) is 63.4 Å². The van der Waals surface area contributed by atoms with Crippen LogP contribution in [-0.2, 0) is 14.3 Å². The van der Waals surface area contributed by atoms with Crippen molar-refractivity contribution in [3.63, 3.8) is 0 Å². The summed E-state index contributed by atoms with van der Waals surface area (Å²) in [6.07, 6.45) is 2.24. The van der Waals surface area contributed by atoms with E-state index in [1.807, 2.05) is 25.1 Å². The Morgan fingerprint density at radius 1 is 1.32 bits per heavy atom. The van der Waals surface area contributed by atoms with E-state index < -0.39 is 0 Å². The molecule has 5 heteroatoms. The van der Waals surface area contributed by atoms with E-state index in [2.05, 4.69) is 37.8 Å². The fourth-order valence-corrected chi connectivity index (χ4v) is 3.11. The smallest absolute Gasteiger partial charge is 0.253 e. The minimum absolute atomic E-state index is 0.00379. The van der Waals surface area contributed by atoms with E-state index in [-0.39, 0.29) is 24.7 Å². The first-order chi connectivity index (χ1) is 11.9. The Morgan fingerprint density at radius 2 is 2.00 bits per heavy atom. The van der Waals surface area contributed by atoms with Crippen molar-refractivity contribution in [1.29, 1.82) is 0 Å². The van der Waals surface area contributed by atoms with Crippen molar-refractivity contribution in [1.82, 2.24) is 4.90 Å². The van der Waals surface area contributed by atoms with E-state index in [4.69, 9.17) is 9.47 Å². The molecule has 1 heterocycles. The molecule has 5 nitrogen and oxygen atoms in total. The monoisotopic (exact) mass is 348 g/mol. The highest BCUT2D eigenvalue weighted by molar-refractivity contribution is 5.95. The summed E-state index contributed by atoms with van der Waals surface area (Å²) >= 11 is 0. The highest BCUT2D eigenvalue weighted by Crippen LogP contribution is 2.25. The summed E-state index contributed by atoms with van der Waals surface area (Å²) in [6.45, 7) is 8.26. The van der Waals surface area contributed by atoms with Gasteiger partial charge in [-0.2, -0.15) is 0 Å². The molecule has 1 aliphatic rings. The Labute approximate surface area is 151 Å². The van der Waals surface area contributed by atoms with Gasteiger partial charge in [0.15, 0.2) is 0 Å². The Kier molecular flexibility index (Phi) is 7.41. The molecule has 0 aromatic heterocycles. The molecule has 0 bridgehead atoms. The number of carbonyl (C=O) groups excluding carboxylic acids is 1. The molecule has 1 saturated heterocycles. The van der Waals surface area contributed by atoms with Crippen LogP contribution in [0, 0.1) is 13.8 Å². The first-order valence-electron chi connectivity index (χ1n) is 9.12. The third-order valence-electron chi connectivity index (χ3n) is 4.89. The lowest BCUT2D eigenvalue weighted by Crippen LogP contribution is -2.44. The molecule has 1 amide bonds. The molecule has 2 atom stereocenters. The number of aryl methyl sites for hydroxylation is 2. The van der Waals surface area contributed by atoms with Crippen LogP contribution < -0.4 is 4.90 Å². The second-order valence-electron chi connectivity index (χ2n) is 7.21. The van der Waals surface area contributed by atoms with E-state index in [1.165, 1.54) is 0 Å². The molecule has 1 aromatic carbocycles. The van der Waals surface area contributed by atoms with Crippen molar-refractivity contribution < 1.29 is 14.3 Å². The molecule has 2 unspecified atom stereocenters. The number of nitrogens with zero attached hydrogens (tertiary/aromatic N) is 2. The van der Waals surface area contributed by atoms with Gasteiger partial charge in [-0.1, -0.05) is 18.2 Å². The molecule has 0 saturated carbocycles. The number of benzene rings is 1. The maximum atomic E-state index is 12.9. The van der Waals surface area contributed by atoms with Crippen LogP contribution in [0.5, 0.6) is 0 Å². The number of anilines is 1. The van der Waals surface area contributed by atoms with Gasteiger partial charge in [0.05, 0.1) is 12.7 Å². The Bertz CT molecular complexity index is 548. The van der Waals surface area contributed by atoms with Crippen molar-refractivity contribution in [2.45, 2.75) is 45.8 Å². The molecule has 2 rings (SSSR count). The van der Waals surface area contributed by atoms with Crippen LogP contribution >= 0.6 is 0 Å². The van der Waals surface area contributed by atoms with Gasteiger partial charge in [0.1, 0.15) is 6.61 Å². The molecule has 1 fully saturated rings. The summed E-state index contributed by atoms with van der Waals surface area (Å²) in [7, 11) is 4.07. The van der Waals surface area contributed by atoms with Crippen molar-refractivity contribution in [2.24, 2.45) is 0 Å². The summed E-state index contributed by atoms with van der Waals surface area (Å²) < 4.78 is 11.2. The standard InChI is InChI=1S/C20H32N2O3/c1-15-8-6-9-16(2)20(15)22(12-17(3)21(4)5)19(23)14-24-13-18-10-7-11-25-18/h6,8-9,17-18H,7,10-14H2,1-5H3. The van der Waals surface area contributed by atoms with E-state index in [0.29, 0.717) is 13.2 Å². The average Bonchev–Trinajstić information content (AvgIpc) is 3.06. The molecule has 140 valence electrons. The molecule has 0 spiro atoms. The number of likely N-dealkylation sites (N-methyl/N-ethyl adjacent to an activating group) is 1. The molecular formula is C20H32N2O3. The van der Waals surface area contributed by atoms with E-state index >= 15 is 0 Å². The second kappa shape index (κ2) is 9.32. The van der Waals surface area contributed by atoms with Crippen LogP contribution in [0.2, 0.25) is 0 Å². The maximum absolute atomic E-state index is 12.9. The van der Waals surface area contributed by atoms with Gasteiger partial charge in [0.2, 0.25) is 0 Å². The largest absolute Gasteiger partial charge is 0.376 e. The normalized spacial score (nSPS) is 18.6. The highest BCUT2D eigenvalue weighted by atomic mass is 16.5. The second-order valence-corrected chi connectivity index (χ2v) is 7.21. The van der Waals surface area contributed by atoms with Crippen LogP contribution in [0.4, 0.5) is 5.69 Å². The molecule has 0 N–H and O–H groups in total. The van der Waals surface area contributed by atoms with Gasteiger partial charge < -0.3 is 19.3 Å². The van der Waals surface area contributed by atoms with Gasteiger partial charge in [-0.3, -0.25) is 4.79 Å². The Morgan fingerprint density at radius 3 is 2.56 bits per heavy atom. The minimum Gasteiger partial charge on any atom is -0.376 e. The highest BCUT2D eigenvalue weighted by Gasteiger charge is 2.23. The summed E-state index contributed by atoms with van der Waals surface area (Å²) in [5, 5.41) is 0. The Balaban J connectivity index is 2.08. The first-order valence-corrected chi connectivity index (χ1v) is 9.12. The quantitative estimate of drug-likeness (QED) is 0.724. The van der Waals surface area contributed by atoms with Gasteiger partial charge in [-0.05, 0) is 58.8 Å². The van der Waals surface area contributed by atoms with Gasteiger partial charge in [-0.25, -0.2) is 0 Å². The zero-order chi connectivity index (χ0) is 18.4. The SMILES string of the molecule is Cc1cccc(C)c1N(CC(C)N(C)C)C(=O)COCC1CCCO1. The fraction of sp³-hybridized carbons (Fsp3) is 0.650. The predicted molar refractivity (Wildman–Crippen MR) is 101 cm³/mol. The summed E-state index contributed by atoms with van der Waals surface area (Å²) in [5.41, 5.74) is 3.22. The fourth-order valence-electron chi connectivity index (χ4n) is 3.11. The van der Waals surface area contributed by atoms with Crippen molar-refractivity contribution in [3.05, 3.63) is 29.3 Å². The number of para-hydroxylation sites is 1. The molecule has 25 heavy (non-hydrogen) atoms. The zero-order valence-corrected chi connectivity index (χ0v) is 16.2. The summed E-state index contributed by atoms with van der Waals surface area (Å²) in [5.74, 6) is 0.00379. The van der Waals surface area contributed by atoms with Gasteiger partial charge in [0.25, 0.3) is 5.91 Å². The molecule has 1 aliphatic heterocycles. The number of amides is 1. The summed E-state index contributed by atoms with van der Waals surface area (Å²) in [4.78, 5) is 16.9. The third kappa shape index (κ3) is 5.53. The van der Waals surface area contributed by atoms with Gasteiger partial charge in [-0.15, -0.1) is 0 Å². The average molecular weight is 348 g/mol. The zero-order valence-electron chi connectivity index (χ0n) is 16.2. The lowest BCUT2D eigenvalue weighted by molar-refractivity contribution is -0.124. The molecular weight excluding hydrogens is 316 g/mol. The van der Waals surface area contributed by atoms with E-state index in [1.54, 1.807) is 0 Å². The van der Waals surface area contributed by atoms with Crippen molar-refractivity contribution in [2.75, 3.05) is 45.4 Å². The van der Waals surface area contributed by atoms with Crippen LogP contribution in [0.1, 0.15) is 30.9 Å². The van der Waals surface area contributed by atoms with Gasteiger partial charge in [0, 0.05) is 24.9 Å². The van der Waals surface area contributed by atoms with Crippen LogP contribution in [0.25, 0.3) is 0 Å². The topological polar surface area (TPSA) is 42.0 Å². The number of rotatable bonds is 8. The first kappa shape index (κ1) is 19.9. The Hall–Kier alpha value is -1.43. The molecule has 0 radical (unpaired) electrons. The molecule has 1 aromatic rings. The maximum Gasteiger partial charge on any atom is 0.253 e. The third-order valence-corrected chi connectivity index (χ3v) is 4.89. The van der Waals surface area contributed by atoms with Crippen molar-refractivity contribution >= 4 is 11.6 Å². The number of carbonyl (C=O) groups is 1.